The van der Waals surface area contributed by atoms with Crippen molar-refractivity contribution in [3.63, 3.8) is 0 Å². The number of hydrazine groups is 1. The van der Waals surface area contributed by atoms with Gasteiger partial charge in [-0.3, -0.25) is 5.01 Å². The second kappa shape index (κ2) is 4.97. The smallest absolute Gasteiger partial charge is 0.253 e. The molecule has 0 saturated heterocycles. The standard InChI is InChI=1S/C15H19F3N3O/c1-10-14(15(16,17)18)21(2,22)9-20(10)19-13-8-7-11-5-3-4-6-12(11)13/h3-6,13,19,22H,7-9H2,1-2H3/q+1. The Hall–Kier alpha value is -1.57. The molecule has 1 aromatic rings. The summed E-state index contributed by atoms with van der Waals surface area (Å²) in [5, 5.41) is 11.5. The van der Waals surface area contributed by atoms with Crippen LogP contribution >= 0.6 is 0 Å². The van der Waals surface area contributed by atoms with Crippen molar-refractivity contribution < 1.29 is 23.0 Å². The molecule has 2 atom stereocenters. The summed E-state index contributed by atoms with van der Waals surface area (Å²) < 4.78 is 38.3. The van der Waals surface area contributed by atoms with Crippen molar-refractivity contribution in [2.45, 2.75) is 32.0 Å². The highest BCUT2D eigenvalue weighted by molar-refractivity contribution is 5.34. The third-order valence-corrected chi connectivity index (χ3v) is 4.36. The van der Waals surface area contributed by atoms with Gasteiger partial charge in [0.05, 0.1) is 6.04 Å². The first-order chi connectivity index (χ1) is 10.2. The number of quaternary nitrogens is 1. The van der Waals surface area contributed by atoms with Crippen LogP contribution in [0.15, 0.2) is 35.7 Å². The highest BCUT2D eigenvalue weighted by atomic mass is 19.4. The Labute approximate surface area is 127 Å². The van der Waals surface area contributed by atoms with E-state index in [1.54, 1.807) is 0 Å². The van der Waals surface area contributed by atoms with Crippen molar-refractivity contribution >= 4 is 0 Å². The molecule has 0 radical (unpaired) electrons. The summed E-state index contributed by atoms with van der Waals surface area (Å²) in [6.45, 7) is 1.22. The second-order valence-electron chi connectivity index (χ2n) is 6.06. The van der Waals surface area contributed by atoms with E-state index in [0.717, 1.165) is 25.5 Å². The molecule has 22 heavy (non-hydrogen) atoms. The van der Waals surface area contributed by atoms with Crippen molar-refractivity contribution in [2.75, 3.05) is 13.7 Å². The van der Waals surface area contributed by atoms with Crippen LogP contribution in [0.1, 0.15) is 30.5 Å². The SMILES string of the molecule is CC1=C(C(F)(F)F)[N+](C)(O)CN1NC1CCc2ccccc21. The lowest BCUT2D eigenvalue weighted by atomic mass is 10.1. The summed E-state index contributed by atoms with van der Waals surface area (Å²) in [5.74, 6) is 0. The van der Waals surface area contributed by atoms with Crippen molar-refractivity contribution in [3.8, 4) is 0 Å². The van der Waals surface area contributed by atoms with Gasteiger partial charge in [0.2, 0.25) is 6.67 Å². The first-order valence-electron chi connectivity index (χ1n) is 7.18. The Morgan fingerprint density at radius 3 is 2.64 bits per heavy atom. The molecule has 0 aromatic heterocycles. The van der Waals surface area contributed by atoms with Crippen LogP contribution in [0.4, 0.5) is 13.2 Å². The van der Waals surface area contributed by atoms with E-state index in [9.17, 15) is 18.4 Å². The largest absolute Gasteiger partial charge is 0.472 e. The Morgan fingerprint density at radius 2 is 2.00 bits per heavy atom. The van der Waals surface area contributed by atoms with Crippen molar-refractivity contribution in [1.29, 1.82) is 0 Å². The van der Waals surface area contributed by atoms with Crippen LogP contribution in [0.3, 0.4) is 0 Å². The maximum atomic E-state index is 13.1. The molecule has 2 aliphatic rings. The molecule has 0 saturated carbocycles. The lowest BCUT2D eigenvalue weighted by Gasteiger charge is -2.26. The normalized spacial score (nSPS) is 28.5. The van der Waals surface area contributed by atoms with Crippen LogP contribution in [0.2, 0.25) is 0 Å². The number of hydroxylamine groups is 3. The minimum atomic E-state index is -4.56. The average molecular weight is 314 g/mol. The fraction of sp³-hybridized carbons (Fsp3) is 0.467. The molecule has 0 amide bonds. The monoisotopic (exact) mass is 314 g/mol. The fourth-order valence-electron chi connectivity index (χ4n) is 3.42. The summed E-state index contributed by atoms with van der Waals surface area (Å²) in [4.78, 5) is 0. The summed E-state index contributed by atoms with van der Waals surface area (Å²) in [5.41, 5.74) is 4.57. The van der Waals surface area contributed by atoms with Crippen LogP contribution < -0.4 is 5.43 Å². The van der Waals surface area contributed by atoms with E-state index in [1.807, 2.05) is 24.3 Å². The molecule has 7 heteroatoms. The number of aryl methyl sites for hydroxylation is 1. The van der Waals surface area contributed by atoms with E-state index in [2.05, 4.69) is 5.43 Å². The maximum Gasteiger partial charge on any atom is 0.472 e. The number of hydrogen-bond donors (Lipinski definition) is 2. The zero-order valence-electron chi connectivity index (χ0n) is 12.5. The highest BCUT2D eigenvalue weighted by Gasteiger charge is 2.55. The van der Waals surface area contributed by atoms with Crippen LogP contribution in [0.5, 0.6) is 0 Å². The molecule has 4 nitrogen and oxygen atoms in total. The Morgan fingerprint density at radius 1 is 1.32 bits per heavy atom. The third kappa shape index (κ3) is 2.49. The topological polar surface area (TPSA) is 35.5 Å². The third-order valence-electron chi connectivity index (χ3n) is 4.36. The minimum absolute atomic E-state index is 0.0156. The molecule has 1 aliphatic carbocycles. The average Bonchev–Trinajstić information content (AvgIpc) is 2.89. The van der Waals surface area contributed by atoms with Gasteiger partial charge in [0.15, 0.2) is 0 Å². The van der Waals surface area contributed by atoms with E-state index in [-0.39, 0.29) is 18.4 Å². The molecule has 0 fully saturated rings. The fourth-order valence-corrected chi connectivity index (χ4v) is 3.42. The van der Waals surface area contributed by atoms with Crippen molar-refractivity contribution in [2.24, 2.45) is 0 Å². The Balaban J connectivity index is 1.85. The second-order valence-corrected chi connectivity index (χ2v) is 6.06. The van der Waals surface area contributed by atoms with Gasteiger partial charge >= 0.3 is 6.18 Å². The maximum absolute atomic E-state index is 13.1. The molecule has 1 aromatic carbocycles. The van der Waals surface area contributed by atoms with Crippen LogP contribution in [0, 0.1) is 0 Å². The van der Waals surface area contributed by atoms with Gasteiger partial charge in [0, 0.05) is 0 Å². The van der Waals surface area contributed by atoms with Crippen LogP contribution in [0.25, 0.3) is 0 Å². The number of benzene rings is 1. The Bertz CT molecular complexity index is 625. The van der Waals surface area contributed by atoms with Gasteiger partial charge in [-0.2, -0.15) is 13.2 Å². The highest BCUT2D eigenvalue weighted by Crippen LogP contribution is 2.40. The number of hydrogen-bond acceptors (Lipinski definition) is 3. The molecule has 1 aliphatic heterocycles. The first-order valence-corrected chi connectivity index (χ1v) is 7.18. The number of nitrogens with one attached hydrogen (secondary N) is 1. The summed E-state index contributed by atoms with van der Waals surface area (Å²) in [7, 11) is 1.15. The van der Waals surface area contributed by atoms with Gasteiger partial charge in [-0.15, -0.1) is 4.65 Å². The zero-order valence-corrected chi connectivity index (χ0v) is 12.5. The zero-order chi connectivity index (χ0) is 16.1. The molecule has 2 unspecified atom stereocenters. The number of allylic oxidation sites excluding steroid dienone is 2. The molecule has 120 valence electrons. The van der Waals surface area contributed by atoms with Crippen molar-refractivity contribution in [3.05, 3.63) is 46.8 Å². The van der Waals surface area contributed by atoms with Gasteiger partial charge in [-0.25, -0.2) is 10.6 Å². The molecule has 2 N–H and O–H groups in total. The van der Waals surface area contributed by atoms with Crippen molar-refractivity contribution in [1.82, 2.24) is 10.4 Å². The predicted molar refractivity (Wildman–Crippen MR) is 74.1 cm³/mol. The van der Waals surface area contributed by atoms with E-state index < -0.39 is 16.5 Å². The number of fused-ring (bicyclic) bond motifs is 1. The molecule has 0 bridgehead atoms. The van der Waals surface area contributed by atoms with Gasteiger partial charge in [0.25, 0.3) is 5.70 Å². The lowest BCUT2D eigenvalue weighted by molar-refractivity contribution is -1.06. The van der Waals surface area contributed by atoms with E-state index in [4.69, 9.17) is 0 Å². The summed E-state index contributed by atoms with van der Waals surface area (Å²) >= 11 is 0. The molecule has 3 rings (SSSR count). The quantitative estimate of drug-likeness (QED) is 0.824. The van der Waals surface area contributed by atoms with Crippen LogP contribution in [-0.2, 0) is 6.42 Å². The van der Waals surface area contributed by atoms with E-state index in [0.29, 0.717) is 0 Å². The minimum Gasteiger partial charge on any atom is -0.253 e. The van der Waals surface area contributed by atoms with E-state index in [1.165, 1.54) is 17.5 Å². The number of rotatable bonds is 2. The van der Waals surface area contributed by atoms with Gasteiger partial charge < -0.3 is 0 Å². The molecule has 1 heterocycles. The lowest BCUT2D eigenvalue weighted by Crippen LogP contribution is -2.47. The molecular formula is C15H19F3N3O+. The summed E-state index contributed by atoms with van der Waals surface area (Å²) in [6.07, 6.45) is -2.82. The molecule has 0 spiro atoms. The number of alkyl halides is 3. The predicted octanol–water partition coefficient (Wildman–Crippen LogP) is 3.08. The van der Waals surface area contributed by atoms with E-state index >= 15 is 0 Å². The Kier molecular flexibility index (Phi) is 3.47. The van der Waals surface area contributed by atoms with Gasteiger partial charge in [-0.05, 0) is 30.9 Å². The number of nitrogens with zero attached hydrogens (tertiary/aromatic N) is 2. The summed E-state index contributed by atoms with van der Waals surface area (Å²) in [6, 6.07) is 7.90. The van der Waals surface area contributed by atoms with Gasteiger partial charge in [0.1, 0.15) is 12.7 Å². The molecular weight excluding hydrogens is 295 g/mol. The van der Waals surface area contributed by atoms with Crippen LogP contribution in [-0.4, -0.2) is 34.8 Å². The first kappa shape index (κ1) is 15.3. The number of halogens is 3. The van der Waals surface area contributed by atoms with Gasteiger partial charge in [-0.1, -0.05) is 24.3 Å².